The molecule has 0 bridgehead atoms. The van der Waals surface area contributed by atoms with Crippen LogP contribution in [0.4, 0.5) is 0 Å². The third-order valence-corrected chi connectivity index (χ3v) is 3.56. The molecule has 2 aromatic heterocycles. The maximum Gasteiger partial charge on any atom is 0.168 e. The van der Waals surface area contributed by atoms with Crippen molar-refractivity contribution < 1.29 is 4.79 Å². The van der Waals surface area contributed by atoms with Crippen LogP contribution in [0.15, 0.2) is 42.6 Å². The molecule has 0 aliphatic rings. The molecule has 0 N–H and O–H groups in total. The average Bonchev–Trinajstić information content (AvgIpc) is 2.80. The second-order valence-electron chi connectivity index (χ2n) is 5.11. The largest absolute Gasteiger partial charge is 0.297 e. The second-order valence-corrected chi connectivity index (χ2v) is 5.11. The van der Waals surface area contributed by atoms with Crippen LogP contribution in [0.3, 0.4) is 0 Å². The predicted molar refractivity (Wildman–Crippen MR) is 79.3 cm³/mol. The molecule has 3 nitrogen and oxygen atoms in total. The highest BCUT2D eigenvalue weighted by atomic mass is 16.1. The van der Waals surface area contributed by atoms with Crippen molar-refractivity contribution in [2.75, 3.05) is 0 Å². The zero-order chi connectivity index (χ0) is 14.1. The molecule has 0 fully saturated rings. The SMILES string of the molecule is Cc1ccc(Cc2nc3c(C)cccn3c2C=O)cc1. The fourth-order valence-electron chi connectivity index (χ4n) is 2.42. The van der Waals surface area contributed by atoms with E-state index < -0.39 is 0 Å². The van der Waals surface area contributed by atoms with Gasteiger partial charge in [-0.15, -0.1) is 0 Å². The number of hydrogen-bond acceptors (Lipinski definition) is 2. The van der Waals surface area contributed by atoms with Gasteiger partial charge in [0.25, 0.3) is 0 Å². The topological polar surface area (TPSA) is 34.4 Å². The molecule has 0 atom stereocenters. The number of aromatic nitrogens is 2. The quantitative estimate of drug-likeness (QED) is 0.680. The van der Waals surface area contributed by atoms with E-state index in [0.29, 0.717) is 12.1 Å². The molecule has 0 aliphatic carbocycles. The van der Waals surface area contributed by atoms with Crippen LogP contribution in [0.1, 0.15) is 32.9 Å². The standard InChI is InChI=1S/C17H16N2O/c1-12-5-7-14(8-6-12)10-15-16(11-20)19-9-3-4-13(2)17(19)18-15/h3-9,11H,10H2,1-2H3. The third kappa shape index (κ3) is 2.11. The fourth-order valence-corrected chi connectivity index (χ4v) is 2.42. The number of nitrogens with zero attached hydrogens (tertiary/aromatic N) is 2. The van der Waals surface area contributed by atoms with Gasteiger partial charge in [-0.05, 0) is 31.0 Å². The zero-order valence-electron chi connectivity index (χ0n) is 11.6. The van der Waals surface area contributed by atoms with E-state index in [-0.39, 0.29) is 0 Å². The first kappa shape index (κ1) is 12.6. The number of aryl methyl sites for hydroxylation is 2. The molecular weight excluding hydrogens is 248 g/mol. The van der Waals surface area contributed by atoms with Gasteiger partial charge in [-0.2, -0.15) is 0 Å². The van der Waals surface area contributed by atoms with Crippen LogP contribution in [0.5, 0.6) is 0 Å². The molecule has 0 unspecified atom stereocenters. The molecule has 20 heavy (non-hydrogen) atoms. The lowest BCUT2D eigenvalue weighted by Gasteiger charge is -2.00. The summed E-state index contributed by atoms with van der Waals surface area (Å²) in [5.41, 5.74) is 5.81. The number of carbonyl (C=O) groups is 1. The Bertz CT molecular complexity index is 770. The van der Waals surface area contributed by atoms with E-state index in [0.717, 1.165) is 23.2 Å². The number of carbonyl (C=O) groups excluding carboxylic acids is 1. The first-order chi connectivity index (χ1) is 9.69. The van der Waals surface area contributed by atoms with Gasteiger partial charge in [-0.25, -0.2) is 4.98 Å². The van der Waals surface area contributed by atoms with Gasteiger partial charge < -0.3 is 0 Å². The summed E-state index contributed by atoms with van der Waals surface area (Å²) in [5.74, 6) is 0. The molecule has 3 aromatic rings. The Morgan fingerprint density at radius 2 is 1.90 bits per heavy atom. The Balaban J connectivity index is 2.09. The van der Waals surface area contributed by atoms with Crippen molar-refractivity contribution in [2.45, 2.75) is 20.3 Å². The highest BCUT2D eigenvalue weighted by molar-refractivity contribution is 5.77. The van der Waals surface area contributed by atoms with Crippen molar-refractivity contribution in [3.8, 4) is 0 Å². The second kappa shape index (κ2) is 4.93. The van der Waals surface area contributed by atoms with Crippen molar-refractivity contribution in [3.63, 3.8) is 0 Å². The van der Waals surface area contributed by atoms with Crippen LogP contribution < -0.4 is 0 Å². The van der Waals surface area contributed by atoms with Gasteiger partial charge in [-0.3, -0.25) is 9.20 Å². The van der Waals surface area contributed by atoms with Crippen LogP contribution in [-0.2, 0) is 6.42 Å². The Morgan fingerprint density at radius 3 is 2.60 bits per heavy atom. The highest BCUT2D eigenvalue weighted by Crippen LogP contribution is 2.18. The van der Waals surface area contributed by atoms with Gasteiger partial charge >= 0.3 is 0 Å². The van der Waals surface area contributed by atoms with Gasteiger partial charge in [0, 0.05) is 12.6 Å². The summed E-state index contributed by atoms with van der Waals surface area (Å²) < 4.78 is 1.87. The number of benzene rings is 1. The molecule has 3 rings (SSSR count). The van der Waals surface area contributed by atoms with Crippen molar-refractivity contribution in [3.05, 3.63) is 70.7 Å². The summed E-state index contributed by atoms with van der Waals surface area (Å²) in [5, 5.41) is 0. The molecule has 3 heteroatoms. The first-order valence-electron chi connectivity index (χ1n) is 6.66. The Labute approximate surface area is 117 Å². The zero-order valence-corrected chi connectivity index (χ0v) is 11.6. The third-order valence-electron chi connectivity index (χ3n) is 3.56. The summed E-state index contributed by atoms with van der Waals surface area (Å²) >= 11 is 0. The summed E-state index contributed by atoms with van der Waals surface area (Å²) in [7, 11) is 0. The van der Waals surface area contributed by atoms with E-state index in [9.17, 15) is 4.79 Å². The normalized spacial score (nSPS) is 10.9. The van der Waals surface area contributed by atoms with E-state index in [2.05, 4.69) is 36.2 Å². The Hall–Kier alpha value is -2.42. The number of hydrogen-bond donors (Lipinski definition) is 0. The molecular formula is C17H16N2O. The molecule has 0 spiro atoms. The lowest BCUT2D eigenvalue weighted by Crippen LogP contribution is -1.96. The molecule has 0 saturated heterocycles. The highest BCUT2D eigenvalue weighted by Gasteiger charge is 2.12. The summed E-state index contributed by atoms with van der Waals surface area (Å²) in [4.78, 5) is 16.0. The van der Waals surface area contributed by atoms with Crippen molar-refractivity contribution in [1.82, 2.24) is 9.38 Å². The smallest absolute Gasteiger partial charge is 0.168 e. The average molecular weight is 264 g/mol. The van der Waals surface area contributed by atoms with Gasteiger partial charge in [0.15, 0.2) is 6.29 Å². The van der Waals surface area contributed by atoms with Crippen molar-refractivity contribution in [2.24, 2.45) is 0 Å². The molecule has 100 valence electrons. The molecule has 0 saturated carbocycles. The predicted octanol–water partition coefficient (Wildman–Crippen LogP) is 3.35. The number of imidazole rings is 1. The van der Waals surface area contributed by atoms with Crippen molar-refractivity contribution >= 4 is 11.9 Å². The molecule has 0 aliphatic heterocycles. The van der Waals surface area contributed by atoms with Crippen LogP contribution in [-0.4, -0.2) is 15.7 Å². The lowest BCUT2D eigenvalue weighted by molar-refractivity contribution is 0.111. The minimum Gasteiger partial charge on any atom is -0.297 e. The Morgan fingerprint density at radius 1 is 1.15 bits per heavy atom. The van der Waals surface area contributed by atoms with E-state index in [1.54, 1.807) is 0 Å². The lowest BCUT2D eigenvalue weighted by atomic mass is 10.1. The minimum absolute atomic E-state index is 0.643. The number of pyridine rings is 1. The van der Waals surface area contributed by atoms with Gasteiger partial charge in [0.05, 0.1) is 5.69 Å². The van der Waals surface area contributed by atoms with Gasteiger partial charge in [-0.1, -0.05) is 35.9 Å². The molecule has 0 radical (unpaired) electrons. The maximum atomic E-state index is 11.4. The van der Waals surface area contributed by atoms with E-state index in [1.807, 2.05) is 29.7 Å². The summed E-state index contributed by atoms with van der Waals surface area (Å²) in [6.45, 7) is 4.07. The minimum atomic E-state index is 0.643. The summed E-state index contributed by atoms with van der Waals surface area (Å²) in [6, 6.07) is 12.3. The molecule has 1 aromatic carbocycles. The van der Waals surface area contributed by atoms with Crippen LogP contribution >= 0.6 is 0 Å². The number of rotatable bonds is 3. The Kier molecular flexibility index (Phi) is 3.11. The van der Waals surface area contributed by atoms with Gasteiger partial charge in [0.2, 0.25) is 0 Å². The van der Waals surface area contributed by atoms with Gasteiger partial charge in [0.1, 0.15) is 11.3 Å². The monoisotopic (exact) mass is 264 g/mol. The van der Waals surface area contributed by atoms with Crippen molar-refractivity contribution in [1.29, 1.82) is 0 Å². The van der Waals surface area contributed by atoms with Crippen LogP contribution in [0.2, 0.25) is 0 Å². The van der Waals surface area contributed by atoms with E-state index in [1.165, 1.54) is 11.1 Å². The van der Waals surface area contributed by atoms with E-state index >= 15 is 0 Å². The number of aldehydes is 1. The maximum absolute atomic E-state index is 11.4. The van der Waals surface area contributed by atoms with E-state index in [4.69, 9.17) is 0 Å². The first-order valence-corrected chi connectivity index (χ1v) is 6.66. The van der Waals surface area contributed by atoms with Crippen LogP contribution in [0.25, 0.3) is 5.65 Å². The molecule has 2 heterocycles. The molecule has 0 amide bonds. The summed E-state index contributed by atoms with van der Waals surface area (Å²) in [6.07, 6.45) is 3.45. The number of fused-ring (bicyclic) bond motifs is 1. The fraction of sp³-hybridized carbons (Fsp3) is 0.176. The van der Waals surface area contributed by atoms with Crippen LogP contribution in [0, 0.1) is 13.8 Å².